The van der Waals surface area contributed by atoms with E-state index < -0.39 is 15.8 Å². The van der Waals surface area contributed by atoms with Crippen molar-refractivity contribution in [1.82, 2.24) is 0 Å². The molecule has 4 rings (SSSR count). The van der Waals surface area contributed by atoms with Crippen molar-refractivity contribution in [2.75, 3.05) is 18.6 Å². The van der Waals surface area contributed by atoms with Crippen LogP contribution < -0.4 is 9.47 Å². The third-order valence-electron chi connectivity index (χ3n) is 6.81. The van der Waals surface area contributed by atoms with Gasteiger partial charge in [-0.15, -0.1) is 0 Å². The van der Waals surface area contributed by atoms with Gasteiger partial charge in [0.15, 0.2) is 0 Å². The van der Waals surface area contributed by atoms with E-state index in [0.29, 0.717) is 26.1 Å². The first-order valence-electron chi connectivity index (χ1n) is 12.7. The van der Waals surface area contributed by atoms with Crippen molar-refractivity contribution in [3.05, 3.63) is 89.0 Å². The molecule has 0 amide bonds. The van der Waals surface area contributed by atoms with Gasteiger partial charge in [-0.1, -0.05) is 30.8 Å². The Hall–Kier alpha value is -3.58. The molecule has 0 bridgehead atoms. The highest BCUT2D eigenvalue weighted by Gasteiger charge is 2.27. The number of allylic oxidation sites excluding steroid dienone is 1. The van der Waals surface area contributed by atoms with Crippen molar-refractivity contribution in [1.29, 1.82) is 0 Å². The maximum Gasteiger partial charge on any atom is 0.303 e. The molecule has 0 unspecified atom stereocenters. The number of carboxylic acids is 1. The van der Waals surface area contributed by atoms with Crippen LogP contribution in [0.3, 0.4) is 0 Å². The van der Waals surface area contributed by atoms with Crippen LogP contribution in [0.5, 0.6) is 11.5 Å². The summed E-state index contributed by atoms with van der Waals surface area (Å²) in [4.78, 5) is 11.2. The molecule has 0 saturated heterocycles. The van der Waals surface area contributed by atoms with Gasteiger partial charge in [-0.3, -0.25) is 4.79 Å². The summed E-state index contributed by atoms with van der Waals surface area (Å²) in [5, 5.41) is 9.19. The Kier molecular flexibility index (Phi) is 8.26. The molecule has 0 fully saturated rings. The average Bonchev–Trinajstić information content (AvgIpc) is 3.13. The zero-order valence-electron chi connectivity index (χ0n) is 22.1. The Balaban J connectivity index is 1.44. The first kappa shape index (κ1) is 27.5. The molecule has 200 valence electrons. The first-order valence-corrected chi connectivity index (χ1v) is 14.7. The van der Waals surface area contributed by atoms with E-state index in [1.54, 1.807) is 0 Å². The molecule has 0 spiro atoms. The standard InChI is InChI=1S/C31H34O6S/c1-20-13-25(17-30(32)33)28-10-9-26(18-29(20)28)37-19-23-7-5-8-24(16-23)31-21(2)14-27(15-22(31)3)36-11-6-12-38(4,34)35/h5,7-10,14-16,18,25H,1,6,11-13,17,19H2,2-4H3,(H,32,33)/t25-/m0/s1. The van der Waals surface area contributed by atoms with Gasteiger partial charge >= 0.3 is 5.97 Å². The van der Waals surface area contributed by atoms with Gasteiger partial charge in [0, 0.05) is 6.26 Å². The zero-order chi connectivity index (χ0) is 27.4. The van der Waals surface area contributed by atoms with Crippen molar-refractivity contribution in [2.45, 2.75) is 45.6 Å². The normalized spacial score (nSPS) is 14.8. The van der Waals surface area contributed by atoms with Crippen LogP contribution in [0.15, 0.2) is 61.2 Å². The molecule has 1 N–H and O–H groups in total. The summed E-state index contributed by atoms with van der Waals surface area (Å²) >= 11 is 0. The third kappa shape index (κ3) is 6.84. The van der Waals surface area contributed by atoms with Crippen molar-refractivity contribution in [2.24, 2.45) is 0 Å². The van der Waals surface area contributed by atoms with Crippen molar-refractivity contribution in [3.8, 4) is 22.6 Å². The molecule has 0 aromatic heterocycles. The van der Waals surface area contributed by atoms with Gasteiger partial charge in [-0.2, -0.15) is 0 Å². The molecule has 0 heterocycles. The SMILES string of the molecule is C=C1C[C@@H](CC(=O)O)c2ccc(OCc3cccc(-c4c(C)cc(OCCCS(C)(=O)=O)cc4C)c3)cc21. The molecule has 6 nitrogen and oxygen atoms in total. The third-order valence-corrected chi connectivity index (χ3v) is 7.85. The number of fused-ring (bicyclic) bond motifs is 1. The monoisotopic (exact) mass is 534 g/mol. The summed E-state index contributed by atoms with van der Waals surface area (Å²) in [6.45, 7) is 8.98. The van der Waals surface area contributed by atoms with Crippen LogP contribution in [0, 0.1) is 13.8 Å². The van der Waals surface area contributed by atoms with Crippen molar-refractivity contribution in [3.63, 3.8) is 0 Å². The minimum absolute atomic E-state index is 0.0310. The van der Waals surface area contributed by atoms with E-state index >= 15 is 0 Å². The summed E-state index contributed by atoms with van der Waals surface area (Å²) in [5.74, 6) is 0.754. The van der Waals surface area contributed by atoms with Crippen LogP contribution in [-0.2, 0) is 21.2 Å². The lowest BCUT2D eigenvalue weighted by Crippen LogP contribution is -2.08. The fraction of sp³-hybridized carbons (Fsp3) is 0.323. The Morgan fingerprint density at radius 2 is 1.76 bits per heavy atom. The lowest BCUT2D eigenvalue weighted by molar-refractivity contribution is -0.137. The molecule has 0 radical (unpaired) electrons. The highest BCUT2D eigenvalue weighted by molar-refractivity contribution is 7.90. The van der Waals surface area contributed by atoms with Crippen molar-refractivity contribution < 1.29 is 27.8 Å². The number of carbonyl (C=O) groups is 1. The van der Waals surface area contributed by atoms with Gasteiger partial charge in [0.1, 0.15) is 27.9 Å². The molecule has 38 heavy (non-hydrogen) atoms. The van der Waals surface area contributed by atoms with Gasteiger partial charge in [-0.05, 0) is 107 Å². The van der Waals surface area contributed by atoms with E-state index in [4.69, 9.17) is 9.47 Å². The molecule has 3 aromatic carbocycles. The van der Waals surface area contributed by atoms with Gasteiger partial charge in [0.05, 0.1) is 18.8 Å². The summed E-state index contributed by atoms with van der Waals surface area (Å²) < 4.78 is 34.6. The van der Waals surface area contributed by atoms with E-state index in [9.17, 15) is 18.3 Å². The average molecular weight is 535 g/mol. The molecule has 1 aliphatic rings. The van der Waals surface area contributed by atoms with Crippen LogP contribution in [0.1, 0.15) is 53.0 Å². The van der Waals surface area contributed by atoms with Crippen LogP contribution in [0.25, 0.3) is 16.7 Å². The zero-order valence-corrected chi connectivity index (χ0v) is 22.9. The number of ether oxygens (including phenoxy) is 2. The summed E-state index contributed by atoms with van der Waals surface area (Å²) in [6, 6.07) is 18.1. The second-order valence-electron chi connectivity index (χ2n) is 10.1. The number of aliphatic carboxylic acids is 1. The smallest absolute Gasteiger partial charge is 0.303 e. The predicted octanol–water partition coefficient (Wildman–Crippen LogP) is 6.34. The lowest BCUT2D eigenvalue weighted by atomic mass is 9.94. The minimum Gasteiger partial charge on any atom is -0.494 e. The van der Waals surface area contributed by atoms with E-state index in [2.05, 4.69) is 18.7 Å². The molecule has 7 heteroatoms. The van der Waals surface area contributed by atoms with Crippen molar-refractivity contribution >= 4 is 21.4 Å². The molecule has 0 saturated carbocycles. The molecular weight excluding hydrogens is 500 g/mol. The number of hydrogen-bond acceptors (Lipinski definition) is 5. The molecule has 3 aromatic rings. The van der Waals surface area contributed by atoms with Gasteiger partial charge in [0.25, 0.3) is 0 Å². The Bertz CT molecular complexity index is 1450. The lowest BCUT2D eigenvalue weighted by Gasteiger charge is -2.15. The fourth-order valence-corrected chi connectivity index (χ4v) is 5.80. The second kappa shape index (κ2) is 11.4. The highest BCUT2D eigenvalue weighted by atomic mass is 32.2. The second-order valence-corrected chi connectivity index (χ2v) is 12.4. The number of benzene rings is 3. The topological polar surface area (TPSA) is 89.9 Å². The Morgan fingerprint density at radius 3 is 2.45 bits per heavy atom. The number of carboxylic acid groups (broad SMARTS) is 1. The Morgan fingerprint density at radius 1 is 1.03 bits per heavy atom. The molecule has 0 aliphatic heterocycles. The van der Waals surface area contributed by atoms with E-state index in [1.807, 2.05) is 56.3 Å². The van der Waals surface area contributed by atoms with Crippen LogP contribution >= 0.6 is 0 Å². The number of rotatable bonds is 11. The quantitative estimate of drug-likeness (QED) is 0.289. The number of hydrogen-bond donors (Lipinski definition) is 1. The van der Waals surface area contributed by atoms with Crippen LogP contribution in [0.4, 0.5) is 0 Å². The summed E-state index contributed by atoms with van der Waals surface area (Å²) in [5.41, 5.74) is 8.38. The van der Waals surface area contributed by atoms with Gasteiger partial charge in [-0.25, -0.2) is 8.42 Å². The van der Waals surface area contributed by atoms with Crippen LogP contribution in [0.2, 0.25) is 0 Å². The van der Waals surface area contributed by atoms with E-state index in [1.165, 1.54) is 6.26 Å². The summed E-state index contributed by atoms with van der Waals surface area (Å²) in [6.07, 6.45) is 2.46. The molecule has 1 aliphatic carbocycles. The highest BCUT2D eigenvalue weighted by Crippen LogP contribution is 2.43. The van der Waals surface area contributed by atoms with Gasteiger partial charge in [0.2, 0.25) is 0 Å². The largest absolute Gasteiger partial charge is 0.494 e. The number of sulfone groups is 1. The van der Waals surface area contributed by atoms with E-state index in [0.717, 1.165) is 56.0 Å². The van der Waals surface area contributed by atoms with E-state index in [-0.39, 0.29) is 18.1 Å². The minimum atomic E-state index is -2.99. The summed E-state index contributed by atoms with van der Waals surface area (Å²) in [7, 11) is -2.99. The van der Waals surface area contributed by atoms with Crippen LogP contribution in [-0.4, -0.2) is 38.1 Å². The van der Waals surface area contributed by atoms with Gasteiger partial charge < -0.3 is 14.6 Å². The first-order chi connectivity index (χ1) is 18.0. The Labute approximate surface area is 224 Å². The molecule has 1 atom stereocenters. The number of aryl methyl sites for hydroxylation is 2. The fourth-order valence-electron chi connectivity index (χ4n) is 5.15. The maximum absolute atomic E-state index is 11.3. The molecular formula is C31H34O6S. The predicted molar refractivity (Wildman–Crippen MR) is 151 cm³/mol. The maximum atomic E-state index is 11.3.